The zero-order chi connectivity index (χ0) is 17.9. The van der Waals surface area contributed by atoms with Crippen molar-refractivity contribution in [1.82, 2.24) is 5.32 Å². The summed E-state index contributed by atoms with van der Waals surface area (Å²) in [5.74, 6) is -0.499. The van der Waals surface area contributed by atoms with E-state index in [1.54, 1.807) is 18.2 Å². The zero-order valence-corrected chi connectivity index (χ0v) is 14.0. The maximum atomic E-state index is 12.1. The van der Waals surface area contributed by atoms with Crippen LogP contribution in [0.4, 0.5) is 0 Å². The molecule has 1 fully saturated rings. The number of benzene rings is 1. The van der Waals surface area contributed by atoms with Crippen molar-refractivity contribution in [2.75, 3.05) is 28.4 Å². The van der Waals surface area contributed by atoms with E-state index in [1.165, 1.54) is 28.4 Å². The molecule has 1 aromatic carbocycles. The number of amides is 1. The lowest BCUT2D eigenvalue weighted by molar-refractivity contribution is -0.142. The van der Waals surface area contributed by atoms with E-state index < -0.39 is 17.8 Å². The van der Waals surface area contributed by atoms with Crippen LogP contribution in [0, 0.1) is 5.92 Å². The Morgan fingerprint density at radius 1 is 1.12 bits per heavy atom. The van der Waals surface area contributed by atoms with Crippen LogP contribution >= 0.6 is 0 Å². The largest absolute Gasteiger partial charge is 0.493 e. The van der Waals surface area contributed by atoms with Gasteiger partial charge in [0.25, 0.3) is 5.91 Å². The third-order valence-corrected chi connectivity index (χ3v) is 3.64. The first-order chi connectivity index (χ1) is 11.5. The molecule has 0 saturated carbocycles. The molecule has 1 saturated heterocycles. The van der Waals surface area contributed by atoms with Crippen molar-refractivity contribution in [2.24, 2.45) is 5.92 Å². The summed E-state index contributed by atoms with van der Waals surface area (Å²) < 4.78 is 20.6. The summed E-state index contributed by atoms with van der Waals surface area (Å²) in [7, 11) is 5.75. The number of hydrogen-bond donors (Lipinski definition) is 1. The maximum absolute atomic E-state index is 12.1. The average molecular weight is 333 g/mol. The van der Waals surface area contributed by atoms with Crippen LogP contribution in [-0.2, 0) is 14.3 Å². The van der Waals surface area contributed by atoms with Crippen molar-refractivity contribution in [2.45, 2.75) is 0 Å². The van der Waals surface area contributed by atoms with Crippen LogP contribution in [0.15, 0.2) is 30.0 Å². The summed E-state index contributed by atoms with van der Waals surface area (Å²) in [6, 6.07) is 3.36. The van der Waals surface area contributed by atoms with Crippen molar-refractivity contribution >= 4 is 18.0 Å². The van der Waals surface area contributed by atoms with Crippen molar-refractivity contribution in [3.8, 4) is 17.2 Å². The standard InChI is InChI=1S/C17H19NO6/c1-9-14(17(20)24-5)11(16(19)18-9)6-10-7-12(21-2)15(23-4)13(8-10)22-3/h6-8,14H,1H2,2-5H3,(H,18,19)/b11-6-/t14-/m1/s1. The summed E-state index contributed by atoms with van der Waals surface area (Å²) in [5.41, 5.74) is 1.13. The minimum absolute atomic E-state index is 0.237. The van der Waals surface area contributed by atoms with Gasteiger partial charge >= 0.3 is 5.97 Å². The van der Waals surface area contributed by atoms with Gasteiger partial charge in [0, 0.05) is 11.3 Å². The first-order valence-electron chi connectivity index (χ1n) is 7.06. The van der Waals surface area contributed by atoms with Gasteiger partial charge in [-0.15, -0.1) is 0 Å². The van der Waals surface area contributed by atoms with E-state index in [1.807, 2.05) is 0 Å². The van der Waals surface area contributed by atoms with Crippen molar-refractivity contribution in [1.29, 1.82) is 0 Å². The smallest absolute Gasteiger partial charge is 0.319 e. The molecule has 1 aliphatic heterocycles. The molecule has 7 nitrogen and oxygen atoms in total. The molecule has 1 aliphatic rings. The Morgan fingerprint density at radius 2 is 1.71 bits per heavy atom. The Morgan fingerprint density at radius 3 is 2.17 bits per heavy atom. The highest BCUT2D eigenvalue weighted by molar-refractivity contribution is 6.08. The van der Waals surface area contributed by atoms with Crippen LogP contribution < -0.4 is 19.5 Å². The molecule has 7 heteroatoms. The molecule has 128 valence electrons. The zero-order valence-electron chi connectivity index (χ0n) is 14.0. The summed E-state index contributed by atoms with van der Waals surface area (Å²) in [6.45, 7) is 3.70. The molecule has 0 bridgehead atoms. The van der Waals surface area contributed by atoms with Crippen LogP contribution in [0.1, 0.15) is 5.56 Å². The van der Waals surface area contributed by atoms with Gasteiger partial charge in [-0.1, -0.05) is 6.58 Å². The van der Waals surface area contributed by atoms with Gasteiger partial charge in [-0.05, 0) is 23.8 Å². The summed E-state index contributed by atoms with van der Waals surface area (Å²) >= 11 is 0. The van der Waals surface area contributed by atoms with Gasteiger partial charge in [0.1, 0.15) is 5.92 Å². The highest BCUT2D eigenvalue weighted by Gasteiger charge is 2.38. The lowest BCUT2D eigenvalue weighted by Crippen LogP contribution is -2.17. The highest BCUT2D eigenvalue weighted by atomic mass is 16.5. The molecule has 0 radical (unpaired) electrons. The fourth-order valence-corrected chi connectivity index (χ4v) is 2.51. The number of ether oxygens (including phenoxy) is 4. The summed E-state index contributed by atoms with van der Waals surface area (Å²) in [4.78, 5) is 24.0. The predicted octanol–water partition coefficient (Wildman–Crippen LogP) is 1.53. The molecule has 1 amide bonds. The Balaban J connectivity index is 2.54. The molecule has 1 N–H and O–H groups in total. The quantitative estimate of drug-likeness (QED) is 0.650. The van der Waals surface area contributed by atoms with Gasteiger partial charge in [0.15, 0.2) is 11.5 Å². The third kappa shape index (κ3) is 3.05. The van der Waals surface area contributed by atoms with E-state index in [9.17, 15) is 9.59 Å². The van der Waals surface area contributed by atoms with Crippen molar-refractivity contribution < 1.29 is 28.5 Å². The van der Waals surface area contributed by atoms with E-state index in [0.29, 0.717) is 22.8 Å². The molecule has 1 aromatic rings. The van der Waals surface area contributed by atoms with Crippen molar-refractivity contribution in [3.05, 3.63) is 35.5 Å². The molecule has 2 rings (SSSR count). The van der Waals surface area contributed by atoms with Gasteiger partial charge in [-0.25, -0.2) is 0 Å². The minimum Gasteiger partial charge on any atom is -0.493 e. The molecule has 0 unspecified atom stereocenters. The Bertz CT molecular complexity index is 697. The molecule has 0 spiro atoms. The normalized spacial score (nSPS) is 18.3. The Hall–Kier alpha value is -2.96. The van der Waals surface area contributed by atoms with Gasteiger partial charge < -0.3 is 24.3 Å². The van der Waals surface area contributed by atoms with Crippen LogP contribution in [0.3, 0.4) is 0 Å². The molecule has 0 aliphatic carbocycles. The van der Waals surface area contributed by atoms with E-state index in [0.717, 1.165) is 0 Å². The Labute approximate surface area is 139 Å². The number of esters is 1. The SMILES string of the molecule is C=C1NC(=O)/C(=C\c2cc(OC)c(OC)c(OC)c2)[C@@H]1C(=O)OC. The lowest BCUT2D eigenvalue weighted by Gasteiger charge is -2.13. The number of hydrogen-bond acceptors (Lipinski definition) is 6. The van der Waals surface area contributed by atoms with E-state index in [4.69, 9.17) is 18.9 Å². The van der Waals surface area contributed by atoms with Crippen molar-refractivity contribution in [3.63, 3.8) is 0 Å². The molecular weight excluding hydrogens is 314 g/mol. The van der Waals surface area contributed by atoms with E-state index in [-0.39, 0.29) is 11.3 Å². The highest BCUT2D eigenvalue weighted by Crippen LogP contribution is 2.39. The van der Waals surface area contributed by atoms with Crippen LogP contribution in [0.2, 0.25) is 0 Å². The van der Waals surface area contributed by atoms with Gasteiger partial charge in [-0.2, -0.15) is 0 Å². The predicted molar refractivity (Wildman–Crippen MR) is 86.9 cm³/mol. The van der Waals surface area contributed by atoms with Gasteiger partial charge in [0.2, 0.25) is 5.75 Å². The third-order valence-electron chi connectivity index (χ3n) is 3.64. The number of carbonyl (C=O) groups excluding carboxylic acids is 2. The second-order valence-corrected chi connectivity index (χ2v) is 4.99. The first-order valence-corrected chi connectivity index (χ1v) is 7.06. The van der Waals surface area contributed by atoms with Crippen LogP contribution in [0.25, 0.3) is 6.08 Å². The van der Waals surface area contributed by atoms with E-state index >= 15 is 0 Å². The maximum Gasteiger partial charge on any atom is 0.319 e. The molecule has 0 aromatic heterocycles. The van der Waals surface area contributed by atoms with Crippen LogP contribution in [-0.4, -0.2) is 40.3 Å². The summed E-state index contributed by atoms with van der Waals surface area (Å²) in [5, 5.41) is 2.54. The second kappa shape index (κ2) is 7.08. The molecule has 1 heterocycles. The number of rotatable bonds is 5. The Kier molecular flexibility index (Phi) is 5.13. The van der Waals surface area contributed by atoms with E-state index in [2.05, 4.69) is 11.9 Å². The van der Waals surface area contributed by atoms with Crippen LogP contribution in [0.5, 0.6) is 17.2 Å². The summed E-state index contributed by atoms with van der Waals surface area (Å²) in [6.07, 6.45) is 1.57. The average Bonchev–Trinajstić information content (AvgIpc) is 2.86. The van der Waals surface area contributed by atoms with Gasteiger partial charge in [-0.3, -0.25) is 9.59 Å². The minimum atomic E-state index is -0.860. The topological polar surface area (TPSA) is 83.1 Å². The van der Waals surface area contributed by atoms with Gasteiger partial charge in [0.05, 0.1) is 28.4 Å². The number of nitrogens with one attached hydrogen (secondary N) is 1. The monoisotopic (exact) mass is 333 g/mol. The second-order valence-electron chi connectivity index (χ2n) is 4.99. The molecular formula is C17H19NO6. The molecule has 1 atom stereocenters. The number of carbonyl (C=O) groups is 2. The number of methoxy groups -OCH3 is 4. The first kappa shape index (κ1) is 17.4. The molecule has 24 heavy (non-hydrogen) atoms. The fourth-order valence-electron chi connectivity index (χ4n) is 2.51. The fraction of sp³-hybridized carbons (Fsp3) is 0.294. The lowest BCUT2D eigenvalue weighted by atomic mass is 9.97.